The number of benzene rings is 2. The van der Waals surface area contributed by atoms with E-state index < -0.39 is 23.7 Å². The third kappa shape index (κ3) is 7.90. The number of carbonyl (C=O) groups is 2. The normalized spacial score (nSPS) is 11.5. The molecule has 1 amide bonds. The van der Waals surface area contributed by atoms with Gasteiger partial charge in [0.05, 0.1) is 25.6 Å². The number of ether oxygens (including phenoxy) is 1. The van der Waals surface area contributed by atoms with Gasteiger partial charge in [-0.15, -0.1) is 0 Å². The van der Waals surface area contributed by atoms with E-state index in [0.29, 0.717) is 22.3 Å². The molecule has 3 N–H and O–H groups in total. The van der Waals surface area contributed by atoms with E-state index in [9.17, 15) is 14.0 Å². The first-order chi connectivity index (χ1) is 15.8. The van der Waals surface area contributed by atoms with Crippen molar-refractivity contribution in [1.29, 1.82) is 0 Å². The zero-order valence-corrected chi connectivity index (χ0v) is 21.6. The summed E-state index contributed by atoms with van der Waals surface area (Å²) in [5.74, 6) is -1.08. The molecule has 5 nitrogen and oxygen atoms in total. The van der Waals surface area contributed by atoms with Crippen molar-refractivity contribution in [3.05, 3.63) is 57.7 Å². The standard InChI is InChI=1S/C23H28F2N2O3.C4H10/c1-6-30-21(29)10-19(27-20(28)11-26)17-9-16(7-13(3)23(17)25)22-12(2)8-18(24)14(4)15(22)5;1-4(2)3/h7-9,19H,6,10-11,26H2,1-5H3,(H,27,28);4H,1-3H3. The Labute approximate surface area is 202 Å². The lowest BCUT2D eigenvalue weighted by molar-refractivity contribution is -0.143. The molecule has 0 saturated carbocycles. The second-order valence-electron chi connectivity index (χ2n) is 9.06. The Kier molecular flexibility index (Phi) is 11.3. The van der Waals surface area contributed by atoms with E-state index in [1.54, 1.807) is 39.8 Å². The zero-order chi connectivity index (χ0) is 26.2. The van der Waals surface area contributed by atoms with Crippen LogP contribution in [0.4, 0.5) is 8.78 Å². The van der Waals surface area contributed by atoms with Gasteiger partial charge in [-0.25, -0.2) is 8.78 Å². The summed E-state index contributed by atoms with van der Waals surface area (Å²) in [6.45, 7) is 14.9. The van der Waals surface area contributed by atoms with E-state index in [4.69, 9.17) is 10.5 Å². The summed E-state index contributed by atoms with van der Waals surface area (Å²) >= 11 is 0. The summed E-state index contributed by atoms with van der Waals surface area (Å²) in [5, 5.41) is 2.60. The summed E-state index contributed by atoms with van der Waals surface area (Å²) in [5.41, 5.74) is 9.33. The predicted octanol–water partition coefficient (Wildman–Crippen LogP) is 5.60. The number of hydrogen-bond acceptors (Lipinski definition) is 4. The van der Waals surface area contributed by atoms with Crippen LogP contribution in [0.5, 0.6) is 0 Å². The number of carbonyl (C=O) groups excluding carboxylic acids is 2. The van der Waals surface area contributed by atoms with Crippen molar-refractivity contribution in [1.82, 2.24) is 5.32 Å². The average molecular weight is 477 g/mol. The number of rotatable bonds is 7. The number of esters is 1. The quantitative estimate of drug-likeness (QED) is 0.510. The van der Waals surface area contributed by atoms with Gasteiger partial charge in [0.2, 0.25) is 5.91 Å². The summed E-state index contributed by atoms with van der Waals surface area (Å²) in [7, 11) is 0. The first kappa shape index (κ1) is 29.2. The minimum Gasteiger partial charge on any atom is -0.466 e. The molecule has 0 heterocycles. The molecule has 1 atom stereocenters. The Balaban J connectivity index is 0.00000133. The lowest BCUT2D eigenvalue weighted by Gasteiger charge is -2.22. The predicted molar refractivity (Wildman–Crippen MR) is 132 cm³/mol. The first-order valence-corrected chi connectivity index (χ1v) is 11.6. The third-order valence-electron chi connectivity index (χ3n) is 5.18. The minimum absolute atomic E-state index is 0.153. The number of halogens is 2. The Morgan fingerprint density at radius 2 is 1.59 bits per heavy atom. The maximum atomic E-state index is 15.1. The molecule has 0 aliphatic carbocycles. The molecule has 1 unspecified atom stereocenters. The van der Waals surface area contributed by atoms with Gasteiger partial charge >= 0.3 is 5.97 Å². The highest BCUT2D eigenvalue weighted by molar-refractivity contribution is 5.80. The molecular weight excluding hydrogens is 438 g/mol. The van der Waals surface area contributed by atoms with E-state index in [-0.39, 0.29) is 31.0 Å². The summed E-state index contributed by atoms with van der Waals surface area (Å²) in [6.07, 6.45) is -0.236. The Morgan fingerprint density at radius 3 is 2.12 bits per heavy atom. The molecule has 0 aromatic heterocycles. The monoisotopic (exact) mass is 476 g/mol. The van der Waals surface area contributed by atoms with Gasteiger partial charge in [0, 0.05) is 5.56 Å². The van der Waals surface area contributed by atoms with E-state index in [0.717, 1.165) is 17.0 Å². The van der Waals surface area contributed by atoms with Gasteiger partial charge < -0.3 is 15.8 Å². The second-order valence-corrected chi connectivity index (χ2v) is 9.06. The topological polar surface area (TPSA) is 81.4 Å². The minimum atomic E-state index is -0.944. The Hall–Kier alpha value is -2.80. The van der Waals surface area contributed by atoms with Gasteiger partial charge in [0.15, 0.2) is 0 Å². The molecule has 2 aromatic rings. The summed E-state index contributed by atoms with van der Waals surface area (Å²) in [6, 6.07) is 3.77. The first-order valence-electron chi connectivity index (χ1n) is 11.6. The van der Waals surface area contributed by atoms with E-state index in [1.807, 2.05) is 6.92 Å². The van der Waals surface area contributed by atoms with Crippen LogP contribution in [-0.2, 0) is 14.3 Å². The van der Waals surface area contributed by atoms with Gasteiger partial charge in [-0.3, -0.25) is 9.59 Å². The van der Waals surface area contributed by atoms with Crippen LogP contribution in [0.1, 0.15) is 68.0 Å². The molecule has 188 valence electrons. The molecule has 0 spiro atoms. The Bertz CT molecular complexity index is 1020. The molecule has 0 aliphatic heterocycles. The number of nitrogens with one attached hydrogen (secondary N) is 1. The highest BCUT2D eigenvalue weighted by Crippen LogP contribution is 2.35. The van der Waals surface area contributed by atoms with Gasteiger partial charge in [0.25, 0.3) is 0 Å². The van der Waals surface area contributed by atoms with Crippen LogP contribution in [-0.4, -0.2) is 25.0 Å². The van der Waals surface area contributed by atoms with Gasteiger partial charge in [-0.2, -0.15) is 0 Å². The van der Waals surface area contributed by atoms with Crippen molar-refractivity contribution in [2.24, 2.45) is 11.7 Å². The van der Waals surface area contributed by atoms with Crippen LogP contribution in [0.25, 0.3) is 11.1 Å². The lowest BCUT2D eigenvalue weighted by Crippen LogP contribution is -2.35. The zero-order valence-electron chi connectivity index (χ0n) is 21.6. The largest absolute Gasteiger partial charge is 0.466 e. The van der Waals surface area contributed by atoms with Crippen molar-refractivity contribution in [2.45, 2.75) is 67.9 Å². The number of nitrogens with two attached hydrogens (primary N) is 1. The molecule has 0 radical (unpaired) electrons. The fourth-order valence-corrected chi connectivity index (χ4v) is 3.55. The Morgan fingerprint density at radius 1 is 1.00 bits per heavy atom. The summed E-state index contributed by atoms with van der Waals surface area (Å²) in [4.78, 5) is 24.0. The lowest BCUT2D eigenvalue weighted by atomic mass is 9.88. The molecular formula is C27H38F2N2O3. The van der Waals surface area contributed by atoms with E-state index >= 15 is 4.39 Å². The van der Waals surface area contributed by atoms with Crippen molar-refractivity contribution in [3.63, 3.8) is 0 Å². The molecule has 0 aliphatic rings. The van der Waals surface area contributed by atoms with Crippen molar-refractivity contribution in [2.75, 3.05) is 13.2 Å². The molecule has 34 heavy (non-hydrogen) atoms. The third-order valence-corrected chi connectivity index (χ3v) is 5.18. The number of hydrogen-bond donors (Lipinski definition) is 2. The van der Waals surface area contributed by atoms with E-state index in [2.05, 4.69) is 26.1 Å². The van der Waals surface area contributed by atoms with Crippen LogP contribution in [0, 0.1) is 45.2 Å². The fraction of sp³-hybridized carbons (Fsp3) is 0.481. The SMILES string of the molecule is CC(C)C.CCOC(=O)CC(NC(=O)CN)c1cc(-c2c(C)cc(F)c(C)c2C)cc(C)c1F. The van der Waals surface area contributed by atoms with Crippen LogP contribution < -0.4 is 11.1 Å². The maximum Gasteiger partial charge on any atom is 0.308 e. The summed E-state index contributed by atoms with van der Waals surface area (Å²) < 4.78 is 34.2. The van der Waals surface area contributed by atoms with Crippen molar-refractivity contribution in [3.8, 4) is 11.1 Å². The van der Waals surface area contributed by atoms with Gasteiger partial charge in [0.1, 0.15) is 11.6 Å². The van der Waals surface area contributed by atoms with Gasteiger partial charge in [-0.05, 0) is 92.1 Å². The smallest absolute Gasteiger partial charge is 0.308 e. The van der Waals surface area contributed by atoms with Crippen LogP contribution in [0.15, 0.2) is 18.2 Å². The molecule has 2 aromatic carbocycles. The molecule has 0 fully saturated rings. The number of amides is 1. The fourth-order valence-electron chi connectivity index (χ4n) is 3.55. The number of aryl methyl sites for hydroxylation is 2. The molecule has 0 saturated heterocycles. The van der Waals surface area contributed by atoms with Crippen molar-refractivity contribution >= 4 is 11.9 Å². The highest BCUT2D eigenvalue weighted by Gasteiger charge is 2.24. The van der Waals surface area contributed by atoms with Crippen molar-refractivity contribution < 1.29 is 23.1 Å². The van der Waals surface area contributed by atoms with Crippen LogP contribution >= 0.6 is 0 Å². The van der Waals surface area contributed by atoms with E-state index in [1.165, 1.54) is 6.07 Å². The highest BCUT2D eigenvalue weighted by atomic mass is 19.1. The van der Waals surface area contributed by atoms with Crippen LogP contribution in [0.2, 0.25) is 0 Å². The maximum absolute atomic E-state index is 15.1. The van der Waals surface area contributed by atoms with Gasteiger partial charge in [-0.1, -0.05) is 20.8 Å². The molecule has 2 rings (SSSR count). The second kappa shape index (κ2) is 13.2. The average Bonchev–Trinajstić information content (AvgIpc) is 2.73. The molecule has 7 heteroatoms. The van der Waals surface area contributed by atoms with Crippen LogP contribution in [0.3, 0.4) is 0 Å². The molecule has 0 bridgehead atoms.